The zero-order chi connectivity index (χ0) is 14.9. The topological polar surface area (TPSA) is 37.8 Å². The fourth-order valence-electron chi connectivity index (χ4n) is 2.09. The van der Waals surface area contributed by atoms with E-state index in [9.17, 15) is 13.2 Å². The van der Waals surface area contributed by atoms with Crippen molar-refractivity contribution in [2.24, 2.45) is 0 Å². The molecule has 108 valence electrons. The Bertz CT molecular complexity index is 767. The van der Waals surface area contributed by atoms with Crippen LogP contribution in [0.2, 0.25) is 0 Å². The molecule has 1 aromatic heterocycles. The van der Waals surface area contributed by atoms with Crippen LogP contribution in [-0.2, 0) is 12.7 Å². The normalized spacial score (nSPS) is 11.8. The van der Waals surface area contributed by atoms with E-state index < -0.39 is 11.7 Å². The Morgan fingerprint density at radius 2 is 1.81 bits per heavy atom. The average Bonchev–Trinajstić information content (AvgIpc) is 2.93. The van der Waals surface area contributed by atoms with Crippen molar-refractivity contribution in [1.29, 1.82) is 0 Å². The van der Waals surface area contributed by atoms with Gasteiger partial charge in [0.25, 0.3) is 0 Å². The molecule has 0 radical (unpaired) electrons. The summed E-state index contributed by atoms with van der Waals surface area (Å²) in [5, 5.41) is 3.03. The molecule has 21 heavy (non-hydrogen) atoms. The molecule has 2 aromatic carbocycles. The number of hydrogen-bond donors (Lipinski definition) is 1. The molecule has 0 spiro atoms. The van der Waals surface area contributed by atoms with Crippen LogP contribution in [0.1, 0.15) is 11.1 Å². The Morgan fingerprint density at radius 3 is 2.62 bits per heavy atom. The summed E-state index contributed by atoms with van der Waals surface area (Å²) < 4.78 is 47.3. The Kier molecular flexibility index (Phi) is 3.69. The summed E-state index contributed by atoms with van der Waals surface area (Å²) in [4.78, 5) is 0. The van der Waals surface area contributed by atoms with Crippen molar-refractivity contribution in [2.45, 2.75) is 12.7 Å². The van der Waals surface area contributed by atoms with E-state index in [2.05, 4.69) is 13.3 Å². The third-order valence-corrected chi connectivity index (χ3v) is 4.22. The summed E-state index contributed by atoms with van der Waals surface area (Å²) in [6.45, 7) is 0.0919. The quantitative estimate of drug-likeness (QED) is 0.732. The third kappa shape index (κ3) is 2.94. The molecule has 0 aliphatic carbocycles. The molecule has 7 heteroatoms. The minimum atomic E-state index is -4.35. The number of nitrogens with zero attached hydrogens (tertiary/aromatic N) is 2. The van der Waals surface area contributed by atoms with E-state index in [1.54, 1.807) is 12.1 Å². The molecule has 0 saturated heterocycles. The molecule has 1 N–H and O–H groups in total. The molecule has 3 nitrogen and oxygen atoms in total. The second-order valence-electron chi connectivity index (χ2n) is 4.45. The molecule has 0 saturated carbocycles. The first-order valence-corrected chi connectivity index (χ1v) is 7.69. The summed E-state index contributed by atoms with van der Waals surface area (Å²) in [5.41, 5.74) is 1.85. The minimum absolute atomic E-state index is 0.0919. The molecular weight excluding hydrogens is 346 g/mol. The molecule has 0 fully saturated rings. The van der Waals surface area contributed by atoms with Crippen molar-refractivity contribution in [3.8, 4) is 0 Å². The fraction of sp³-hybridized carbons (Fsp3) is 0.143. The zero-order valence-corrected chi connectivity index (χ0v) is 12.4. The summed E-state index contributed by atoms with van der Waals surface area (Å²) in [7, 11) is 0. The van der Waals surface area contributed by atoms with Crippen molar-refractivity contribution in [1.82, 2.24) is 7.96 Å². The van der Waals surface area contributed by atoms with E-state index in [0.29, 0.717) is 5.69 Å². The van der Waals surface area contributed by atoms with Gasteiger partial charge >= 0.3 is 124 Å². The standard InChI is InChI=1S/C14H10F3N3Se/c15-14(16,17)10-5-2-1-4-9(10)8-18-11-6-3-7-12-13(11)20-21-19-12/h1-7,18H,8H2. The van der Waals surface area contributed by atoms with E-state index in [4.69, 9.17) is 0 Å². The van der Waals surface area contributed by atoms with Gasteiger partial charge in [-0.05, 0) is 0 Å². The van der Waals surface area contributed by atoms with Crippen LogP contribution in [0.5, 0.6) is 0 Å². The van der Waals surface area contributed by atoms with Crippen LogP contribution in [0.25, 0.3) is 11.0 Å². The second-order valence-corrected chi connectivity index (χ2v) is 5.55. The average molecular weight is 356 g/mol. The number of halogens is 3. The fourth-order valence-corrected chi connectivity index (χ4v) is 3.24. The van der Waals surface area contributed by atoms with Gasteiger partial charge in [-0.2, -0.15) is 0 Å². The molecule has 1 heterocycles. The van der Waals surface area contributed by atoms with Gasteiger partial charge in [0.2, 0.25) is 0 Å². The third-order valence-electron chi connectivity index (χ3n) is 3.08. The molecule has 0 bridgehead atoms. The summed E-state index contributed by atoms with van der Waals surface area (Å²) >= 11 is -0.163. The Labute approximate surface area is 125 Å². The van der Waals surface area contributed by atoms with Crippen LogP contribution in [0.15, 0.2) is 42.5 Å². The monoisotopic (exact) mass is 357 g/mol. The van der Waals surface area contributed by atoms with Gasteiger partial charge in [-0.15, -0.1) is 0 Å². The van der Waals surface area contributed by atoms with Crippen LogP contribution in [-0.4, -0.2) is 22.9 Å². The summed E-state index contributed by atoms with van der Waals surface area (Å²) in [6.07, 6.45) is -4.35. The first-order chi connectivity index (χ1) is 10.1. The van der Waals surface area contributed by atoms with Crippen LogP contribution < -0.4 is 5.32 Å². The van der Waals surface area contributed by atoms with Gasteiger partial charge in [0.15, 0.2) is 0 Å². The van der Waals surface area contributed by atoms with Crippen molar-refractivity contribution in [3.63, 3.8) is 0 Å². The van der Waals surface area contributed by atoms with Crippen LogP contribution >= 0.6 is 0 Å². The van der Waals surface area contributed by atoms with E-state index in [1.165, 1.54) is 12.1 Å². The van der Waals surface area contributed by atoms with Crippen molar-refractivity contribution in [3.05, 3.63) is 53.6 Å². The zero-order valence-electron chi connectivity index (χ0n) is 10.7. The van der Waals surface area contributed by atoms with Gasteiger partial charge in [-0.3, -0.25) is 0 Å². The molecule has 0 aliphatic rings. The van der Waals surface area contributed by atoms with E-state index in [-0.39, 0.29) is 27.1 Å². The number of benzene rings is 2. The maximum atomic E-state index is 12.9. The number of fused-ring (bicyclic) bond motifs is 1. The van der Waals surface area contributed by atoms with Crippen LogP contribution in [0, 0.1) is 0 Å². The Hall–Kier alpha value is -1.85. The Morgan fingerprint density at radius 1 is 1.00 bits per heavy atom. The van der Waals surface area contributed by atoms with Gasteiger partial charge in [0, 0.05) is 0 Å². The number of hydrogen-bond acceptors (Lipinski definition) is 3. The van der Waals surface area contributed by atoms with Crippen molar-refractivity contribution >= 4 is 31.7 Å². The SMILES string of the molecule is FC(F)(F)c1ccccc1CNc1cccc2n[se]nc12. The van der Waals surface area contributed by atoms with E-state index in [1.807, 2.05) is 12.1 Å². The number of rotatable bonds is 3. The van der Waals surface area contributed by atoms with Crippen LogP contribution in [0.4, 0.5) is 18.9 Å². The predicted molar refractivity (Wildman–Crippen MR) is 75.2 cm³/mol. The maximum absolute atomic E-state index is 12.9. The van der Waals surface area contributed by atoms with Gasteiger partial charge < -0.3 is 0 Å². The van der Waals surface area contributed by atoms with Crippen molar-refractivity contribution in [2.75, 3.05) is 5.32 Å². The first-order valence-electron chi connectivity index (χ1n) is 6.16. The molecule has 3 aromatic rings. The summed E-state index contributed by atoms with van der Waals surface area (Å²) in [5.74, 6) is 0. The Balaban J connectivity index is 1.87. The molecule has 3 rings (SSSR count). The van der Waals surface area contributed by atoms with E-state index >= 15 is 0 Å². The number of anilines is 1. The van der Waals surface area contributed by atoms with Crippen LogP contribution in [0.3, 0.4) is 0 Å². The molecule has 0 aliphatic heterocycles. The molecule has 0 amide bonds. The number of alkyl halides is 3. The predicted octanol–water partition coefficient (Wildman–Crippen LogP) is 3.32. The molecule has 0 unspecified atom stereocenters. The summed E-state index contributed by atoms with van der Waals surface area (Å²) in [6, 6.07) is 11.0. The van der Waals surface area contributed by atoms with E-state index in [0.717, 1.165) is 17.1 Å². The number of aromatic nitrogens is 2. The van der Waals surface area contributed by atoms with Crippen molar-refractivity contribution < 1.29 is 13.2 Å². The van der Waals surface area contributed by atoms with Gasteiger partial charge in [0.05, 0.1) is 0 Å². The first kappa shape index (κ1) is 14.1. The molecule has 0 atom stereocenters. The van der Waals surface area contributed by atoms with Gasteiger partial charge in [-0.25, -0.2) is 0 Å². The van der Waals surface area contributed by atoms with Gasteiger partial charge in [0.1, 0.15) is 0 Å². The second kappa shape index (κ2) is 5.50. The number of nitrogens with one attached hydrogen (secondary N) is 1. The van der Waals surface area contributed by atoms with Gasteiger partial charge in [-0.1, -0.05) is 0 Å². The molecular formula is C14H10F3N3Se.